The molecule has 0 fully saturated rings. The standard InChI is InChI=1S/C14H10O3.Sn/c15-13(10-4-2-1-3-5-10)11-6-8-12(9-7-11)14(16)17;/h1-9H,(H,16,17);/q;+1/p-1. The molecule has 0 N–H and O–H groups in total. The maximum atomic E-state index is 12.1. The molecule has 0 saturated heterocycles. The van der Waals surface area contributed by atoms with E-state index in [4.69, 9.17) is 0 Å². The van der Waals surface area contributed by atoms with E-state index >= 15 is 0 Å². The van der Waals surface area contributed by atoms with Gasteiger partial charge in [0.05, 0.1) is 0 Å². The summed E-state index contributed by atoms with van der Waals surface area (Å²) in [6, 6.07) is 15.5. The Kier molecular flexibility index (Phi) is 4.15. The van der Waals surface area contributed by atoms with Crippen molar-refractivity contribution < 1.29 is 12.7 Å². The van der Waals surface area contributed by atoms with Crippen LogP contribution < -0.4 is 0 Å². The molecular formula is C14H9O3Sn. The molecule has 0 aliphatic rings. The average Bonchev–Trinajstić information content (AvgIpc) is 2.47. The molecule has 0 aliphatic carbocycles. The van der Waals surface area contributed by atoms with Crippen LogP contribution in [0.3, 0.4) is 0 Å². The van der Waals surface area contributed by atoms with Crippen LogP contribution in [0.25, 0.3) is 0 Å². The van der Waals surface area contributed by atoms with Gasteiger partial charge in [0.1, 0.15) is 0 Å². The molecule has 3 nitrogen and oxygen atoms in total. The quantitative estimate of drug-likeness (QED) is 0.633. The molecule has 0 amide bonds. The van der Waals surface area contributed by atoms with E-state index in [1.165, 1.54) is 0 Å². The van der Waals surface area contributed by atoms with E-state index in [0.29, 0.717) is 39.6 Å². The van der Waals surface area contributed by atoms with Gasteiger partial charge in [0.2, 0.25) is 0 Å². The van der Waals surface area contributed by atoms with E-state index in [-0.39, 0.29) is 11.8 Å². The Bertz CT molecular complexity index is 561. The number of rotatable bonds is 3. The van der Waals surface area contributed by atoms with Gasteiger partial charge in [-0.05, 0) is 0 Å². The Labute approximate surface area is 118 Å². The normalized spacial score (nSPS) is 9.83. The fraction of sp³-hybridized carbons (Fsp3) is 0. The summed E-state index contributed by atoms with van der Waals surface area (Å²) in [7, 11) is 0. The Balaban J connectivity index is 2.25. The van der Waals surface area contributed by atoms with Crippen LogP contribution in [-0.4, -0.2) is 34.7 Å². The molecule has 2 aromatic carbocycles. The second-order valence-electron chi connectivity index (χ2n) is 3.66. The average molecular weight is 344 g/mol. The molecule has 2 aromatic rings. The Morgan fingerprint density at radius 3 is 1.83 bits per heavy atom. The monoisotopic (exact) mass is 345 g/mol. The van der Waals surface area contributed by atoms with Crippen molar-refractivity contribution in [2.75, 3.05) is 0 Å². The number of carbonyl (C=O) groups excluding carboxylic acids is 2. The van der Waals surface area contributed by atoms with Crippen LogP contribution in [0.2, 0.25) is 0 Å². The van der Waals surface area contributed by atoms with E-state index in [2.05, 4.69) is 3.07 Å². The third-order valence-corrected chi connectivity index (χ3v) is 3.04. The van der Waals surface area contributed by atoms with Gasteiger partial charge in [-0.2, -0.15) is 0 Å². The summed E-state index contributed by atoms with van der Waals surface area (Å²) >= 11 is 0.703. The number of hydrogen-bond acceptors (Lipinski definition) is 3. The summed E-state index contributed by atoms with van der Waals surface area (Å²) in [4.78, 5) is 23.4. The van der Waals surface area contributed by atoms with Crippen molar-refractivity contribution in [2.45, 2.75) is 0 Å². The summed E-state index contributed by atoms with van der Waals surface area (Å²) in [6.45, 7) is 0. The van der Waals surface area contributed by atoms with E-state index in [1.807, 2.05) is 18.2 Å². The molecule has 0 aliphatic heterocycles. The van der Waals surface area contributed by atoms with Gasteiger partial charge >= 0.3 is 119 Å². The van der Waals surface area contributed by atoms with Crippen LogP contribution in [0.4, 0.5) is 0 Å². The van der Waals surface area contributed by atoms with Crippen molar-refractivity contribution in [2.24, 2.45) is 0 Å². The Morgan fingerprint density at radius 2 is 1.28 bits per heavy atom. The van der Waals surface area contributed by atoms with Gasteiger partial charge in [-0.15, -0.1) is 0 Å². The molecule has 0 heterocycles. The van der Waals surface area contributed by atoms with Crippen LogP contribution in [-0.2, 0) is 3.07 Å². The van der Waals surface area contributed by atoms with Crippen LogP contribution in [0.5, 0.6) is 0 Å². The van der Waals surface area contributed by atoms with Gasteiger partial charge in [-0.25, -0.2) is 0 Å². The van der Waals surface area contributed by atoms with Crippen molar-refractivity contribution in [1.82, 2.24) is 0 Å². The van der Waals surface area contributed by atoms with Crippen molar-refractivity contribution >= 4 is 34.7 Å². The number of hydrogen-bond donors (Lipinski definition) is 0. The SMILES string of the molecule is O=C([O][Sn])c1ccc(C(=O)c2ccccc2)cc1. The molecule has 0 saturated carbocycles. The zero-order valence-electron chi connectivity index (χ0n) is 9.42. The first kappa shape index (κ1) is 12.8. The van der Waals surface area contributed by atoms with E-state index in [0.717, 1.165) is 0 Å². The first-order valence-electron chi connectivity index (χ1n) is 5.30. The number of carbonyl (C=O) groups is 2. The predicted octanol–water partition coefficient (Wildman–Crippen LogP) is 2.16. The van der Waals surface area contributed by atoms with Crippen LogP contribution in [0.1, 0.15) is 26.3 Å². The molecule has 87 valence electrons. The van der Waals surface area contributed by atoms with Gasteiger partial charge in [0.25, 0.3) is 0 Å². The van der Waals surface area contributed by atoms with E-state index in [9.17, 15) is 9.59 Å². The minimum absolute atomic E-state index is 0.0573. The molecule has 0 aromatic heterocycles. The van der Waals surface area contributed by atoms with Gasteiger partial charge in [-0.1, -0.05) is 0 Å². The Hall–Kier alpha value is -1.62. The molecule has 0 spiro atoms. The van der Waals surface area contributed by atoms with Crippen LogP contribution >= 0.6 is 0 Å². The van der Waals surface area contributed by atoms with E-state index < -0.39 is 0 Å². The predicted molar refractivity (Wildman–Crippen MR) is 67.5 cm³/mol. The van der Waals surface area contributed by atoms with Crippen LogP contribution in [0, 0.1) is 0 Å². The summed E-state index contributed by atoms with van der Waals surface area (Å²) in [5.41, 5.74) is 1.64. The van der Waals surface area contributed by atoms with Crippen molar-refractivity contribution in [3.05, 3.63) is 71.3 Å². The van der Waals surface area contributed by atoms with Crippen molar-refractivity contribution in [3.63, 3.8) is 0 Å². The summed E-state index contributed by atoms with van der Waals surface area (Å²) in [5, 5.41) is 0. The first-order chi connectivity index (χ1) is 8.72. The third-order valence-electron chi connectivity index (χ3n) is 2.51. The van der Waals surface area contributed by atoms with Crippen LogP contribution in [0.15, 0.2) is 54.6 Å². The molecule has 2 rings (SSSR count). The molecular weight excluding hydrogens is 335 g/mol. The third kappa shape index (κ3) is 2.79. The summed E-state index contributed by atoms with van der Waals surface area (Å²) in [6.07, 6.45) is 0. The minimum atomic E-state index is -0.369. The first-order valence-corrected chi connectivity index (χ1v) is 6.46. The fourth-order valence-corrected chi connectivity index (χ4v) is 1.91. The summed E-state index contributed by atoms with van der Waals surface area (Å²) in [5.74, 6) is -0.426. The molecule has 0 unspecified atom stereocenters. The number of benzene rings is 2. The number of ketones is 1. The summed E-state index contributed by atoms with van der Waals surface area (Å²) < 4.78 is 4.69. The van der Waals surface area contributed by atoms with Gasteiger partial charge in [0.15, 0.2) is 0 Å². The molecule has 18 heavy (non-hydrogen) atoms. The van der Waals surface area contributed by atoms with Gasteiger partial charge in [-0.3, -0.25) is 0 Å². The molecule has 3 radical (unpaired) electrons. The second-order valence-corrected chi connectivity index (χ2v) is 4.24. The molecule has 0 bridgehead atoms. The maximum absolute atomic E-state index is 12.1. The molecule has 0 atom stereocenters. The molecule has 4 heteroatoms. The second kappa shape index (κ2) is 5.82. The zero-order valence-corrected chi connectivity index (χ0v) is 12.3. The van der Waals surface area contributed by atoms with Crippen molar-refractivity contribution in [1.29, 1.82) is 0 Å². The van der Waals surface area contributed by atoms with E-state index in [1.54, 1.807) is 36.4 Å². The fourth-order valence-electron chi connectivity index (χ4n) is 1.57. The topological polar surface area (TPSA) is 43.4 Å². The van der Waals surface area contributed by atoms with Gasteiger partial charge in [0, 0.05) is 0 Å². The van der Waals surface area contributed by atoms with Gasteiger partial charge < -0.3 is 0 Å². The Morgan fingerprint density at radius 1 is 0.778 bits per heavy atom. The zero-order chi connectivity index (χ0) is 13.0. The van der Waals surface area contributed by atoms with Crippen molar-refractivity contribution in [3.8, 4) is 0 Å².